The molecule has 0 unspecified atom stereocenters. The van der Waals surface area contributed by atoms with Crippen LogP contribution in [0.15, 0.2) is 12.1 Å². The van der Waals surface area contributed by atoms with Crippen molar-refractivity contribution in [2.24, 2.45) is 0 Å². The molecule has 0 spiro atoms. The SMILES string of the molecule is COC(=O)Cc1cc(OC)c(CCl)cc1C. The van der Waals surface area contributed by atoms with Crippen LogP contribution in [0, 0.1) is 6.92 Å². The van der Waals surface area contributed by atoms with E-state index < -0.39 is 0 Å². The Balaban J connectivity index is 3.06. The van der Waals surface area contributed by atoms with E-state index in [0.29, 0.717) is 11.6 Å². The number of carbonyl (C=O) groups excluding carboxylic acids is 1. The predicted molar refractivity (Wildman–Crippen MR) is 63.0 cm³/mol. The largest absolute Gasteiger partial charge is 0.496 e. The molecule has 0 aliphatic carbocycles. The second kappa shape index (κ2) is 5.75. The van der Waals surface area contributed by atoms with E-state index in [0.717, 1.165) is 16.7 Å². The van der Waals surface area contributed by atoms with Gasteiger partial charge in [-0.3, -0.25) is 4.79 Å². The van der Waals surface area contributed by atoms with E-state index in [4.69, 9.17) is 16.3 Å². The third-order valence-electron chi connectivity index (χ3n) is 2.45. The lowest BCUT2D eigenvalue weighted by molar-refractivity contribution is -0.139. The van der Waals surface area contributed by atoms with Gasteiger partial charge in [0.05, 0.1) is 26.5 Å². The summed E-state index contributed by atoms with van der Waals surface area (Å²) in [6, 6.07) is 3.77. The summed E-state index contributed by atoms with van der Waals surface area (Å²) in [5.74, 6) is 0.839. The molecule has 0 aliphatic rings. The van der Waals surface area contributed by atoms with Crippen LogP contribution in [0.4, 0.5) is 0 Å². The quantitative estimate of drug-likeness (QED) is 0.601. The van der Waals surface area contributed by atoms with E-state index in [1.54, 1.807) is 7.11 Å². The van der Waals surface area contributed by atoms with E-state index in [1.807, 2.05) is 19.1 Å². The van der Waals surface area contributed by atoms with Gasteiger partial charge < -0.3 is 9.47 Å². The van der Waals surface area contributed by atoms with Crippen molar-refractivity contribution in [3.63, 3.8) is 0 Å². The van der Waals surface area contributed by atoms with E-state index >= 15 is 0 Å². The first-order valence-electron chi connectivity index (χ1n) is 4.91. The Morgan fingerprint density at radius 1 is 1.31 bits per heavy atom. The van der Waals surface area contributed by atoms with Crippen LogP contribution in [0.5, 0.6) is 5.75 Å². The van der Waals surface area contributed by atoms with Gasteiger partial charge in [-0.05, 0) is 24.1 Å². The van der Waals surface area contributed by atoms with Crippen molar-refractivity contribution in [3.05, 3.63) is 28.8 Å². The Morgan fingerprint density at radius 2 is 2.00 bits per heavy atom. The summed E-state index contributed by atoms with van der Waals surface area (Å²) >= 11 is 5.80. The Hall–Kier alpha value is -1.22. The van der Waals surface area contributed by atoms with E-state index in [-0.39, 0.29) is 12.4 Å². The topological polar surface area (TPSA) is 35.5 Å². The van der Waals surface area contributed by atoms with Crippen LogP contribution < -0.4 is 4.74 Å². The molecule has 0 radical (unpaired) electrons. The third kappa shape index (κ3) is 2.89. The van der Waals surface area contributed by atoms with Gasteiger partial charge in [0.1, 0.15) is 5.75 Å². The molecule has 0 heterocycles. The van der Waals surface area contributed by atoms with Crippen LogP contribution in [0.3, 0.4) is 0 Å². The van der Waals surface area contributed by atoms with Crippen molar-refractivity contribution in [2.75, 3.05) is 14.2 Å². The zero-order chi connectivity index (χ0) is 12.1. The number of alkyl halides is 1. The monoisotopic (exact) mass is 242 g/mol. The highest BCUT2D eigenvalue weighted by Gasteiger charge is 2.10. The van der Waals surface area contributed by atoms with Crippen LogP contribution in [0.2, 0.25) is 0 Å². The highest BCUT2D eigenvalue weighted by molar-refractivity contribution is 6.17. The minimum absolute atomic E-state index is 0.251. The van der Waals surface area contributed by atoms with Crippen molar-refractivity contribution < 1.29 is 14.3 Å². The maximum absolute atomic E-state index is 11.2. The molecule has 88 valence electrons. The molecule has 0 bridgehead atoms. The first-order chi connectivity index (χ1) is 7.62. The summed E-state index contributed by atoms with van der Waals surface area (Å²) in [5.41, 5.74) is 2.84. The molecule has 0 amide bonds. The van der Waals surface area contributed by atoms with Crippen molar-refractivity contribution in [1.29, 1.82) is 0 Å². The number of hydrogen-bond donors (Lipinski definition) is 0. The molecule has 0 fully saturated rings. The van der Waals surface area contributed by atoms with Gasteiger partial charge in [0.25, 0.3) is 0 Å². The molecular formula is C12H15ClO3. The Morgan fingerprint density at radius 3 is 2.50 bits per heavy atom. The zero-order valence-electron chi connectivity index (χ0n) is 9.67. The van der Waals surface area contributed by atoms with Gasteiger partial charge in [-0.1, -0.05) is 6.07 Å². The number of halogens is 1. The molecule has 0 atom stereocenters. The van der Waals surface area contributed by atoms with Gasteiger partial charge in [-0.15, -0.1) is 11.6 Å². The first-order valence-corrected chi connectivity index (χ1v) is 5.45. The fraction of sp³-hybridized carbons (Fsp3) is 0.417. The normalized spacial score (nSPS) is 10.0. The standard InChI is InChI=1S/C12H15ClO3/c1-8-4-10(7-13)11(15-2)5-9(8)6-12(14)16-3/h4-5H,6-7H2,1-3H3. The fourth-order valence-corrected chi connectivity index (χ4v) is 1.71. The molecular weight excluding hydrogens is 228 g/mol. The average Bonchev–Trinajstić information content (AvgIpc) is 2.30. The number of rotatable bonds is 4. The number of methoxy groups -OCH3 is 2. The summed E-state index contributed by atoms with van der Waals surface area (Å²) in [6.45, 7) is 1.94. The minimum Gasteiger partial charge on any atom is -0.496 e. The molecule has 0 saturated heterocycles. The lowest BCUT2D eigenvalue weighted by Crippen LogP contribution is -2.06. The van der Waals surface area contributed by atoms with Crippen molar-refractivity contribution >= 4 is 17.6 Å². The van der Waals surface area contributed by atoms with Crippen molar-refractivity contribution in [1.82, 2.24) is 0 Å². The fourth-order valence-electron chi connectivity index (χ4n) is 1.50. The summed E-state index contributed by atoms with van der Waals surface area (Å²) in [4.78, 5) is 11.2. The summed E-state index contributed by atoms with van der Waals surface area (Å²) in [5, 5.41) is 0. The van der Waals surface area contributed by atoms with E-state index in [2.05, 4.69) is 4.74 Å². The van der Waals surface area contributed by atoms with Crippen LogP contribution in [-0.2, 0) is 21.8 Å². The van der Waals surface area contributed by atoms with Crippen LogP contribution in [-0.4, -0.2) is 20.2 Å². The lowest BCUT2D eigenvalue weighted by atomic mass is 10.0. The van der Waals surface area contributed by atoms with Crippen LogP contribution >= 0.6 is 11.6 Å². The number of aryl methyl sites for hydroxylation is 1. The Labute approximate surface area is 100 Å². The number of ether oxygens (including phenoxy) is 2. The average molecular weight is 243 g/mol. The molecule has 0 N–H and O–H groups in total. The zero-order valence-corrected chi connectivity index (χ0v) is 10.4. The number of carbonyl (C=O) groups is 1. The van der Waals surface area contributed by atoms with Gasteiger partial charge in [-0.2, -0.15) is 0 Å². The minimum atomic E-state index is -0.260. The van der Waals surface area contributed by atoms with Gasteiger partial charge in [0, 0.05) is 5.56 Å². The van der Waals surface area contributed by atoms with Crippen molar-refractivity contribution in [2.45, 2.75) is 19.2 Å². The molecule has 16 heavy (non-hydrogen) atoms. The summed E-state index contributed by atoms with van der Waals surface area (Å²) in [7, 11) is 2.96. The molecule has 1 aromatic carbocycles. The lowest BCUT2D eigenvalue weighted by Gasteiger charge is -2.11. The first kappa shape index (κ1) is 12.8. The van der Waals surface area contributed by atoms with Gasteiger partial charge in [0.2, 0.25) is 0 Å². The third-order valence-corrected chi connectivity index (χ3v) is 2.73. The van der Waals surface area contributed by atoms with Crippen LogP contribution in [0.25, 0.3) is 0 Å². The number of hydrogen-bond acceptors (Lipinski definition) is 3. The van der Waals surface area contributed by atoms with Crippen molar-refractivity contribution in [3.8, 4) is 5.75 Å². The van der Waals surface area contributed by atoms with Gasteiger partial charge >= 0.3 is 5.97 Å². The molecule has 0 saturated carbocycles. The van der Waals surface area contributed by atoms with Crippen LogP contribution in [0.1, 0.15) is 16.7 Å². The molecule has 0 aliphatic heterocycles. The van der Waals surface area contributed by atoms with E-state index in [1.165, 1.54) is 7.11 Å². The molecule has 0 aromatic heterocycles. The van der Waals surface area contributed by atoms with Gasteiger partial charge in [0.15, 0.2) is 0 Å². The summed E-state index contributed by atoms with van der Waals surface area (Å²) in [6.07, 6.45) is 0.251. The Kier molecular flexibility index (Phi) is 4.62. The van der Waals surface area contributed by atoms with Gasteiger partial charge in [-0.25, -0.2) is 0 Å². The maximum atomic E-state index is 11.2. The molecule has 3 nitrogen and oxygen atoms in total. The highest BCUT2D eigenvalue weighted by atomic mass is 35.5. The smallest absolute Gasteiger partial charge is 0.309 e. The second-order valence-corrected chi connectivity index (χ2v) is 3.74. The molecule has 1 rings (SSSR count). The summed E-state index contributed by atoms with van der Waals surface area (Å²) < 4.78 is 9.84. The number of esters is 1. The number of benzene rings is 1. The molecule has 4 heteroatoms. The highest BCUT2D eigenvalue weighted by Crippen LogP contribution is 2.25. The van der Waals surface area contributed by atoms with E-state index in [9.17, 15) is 4.79 Å². The molecule has 1 aromatic rings. The predicted octanol–water partition coefficient (Wildman–Crippen LogP) is 2.46. The maximum Gasteiger partial charge on any atom is 0.309 e. The Bertz CT molecular complexity index is 388. The second-order valence-electron chi connectivity index (χ2n) is 3.48.